The maximum Gasteiger partial charge on any atom is 0.416 e. The Hall–Kier alpha value is -4.84. The third-order valence-electron chi connectivity index (χ3n) is 5.64. The molecule has 39 heavy (non-hydrogen) atoms. The molecule has 8 nitrogen and oxygen atoms in total. The summed E-state index contributed by atoms with van der Waals surface area (Å²) in [6, 6.07) is 14.1. The minimum atomic E-state index is -4.56. The number of aromatic nitrogens is 3. The van der Waals surface area contributed by atoms with E-state index in [1.165, 1.54) is 23.5 Å². The second-order valence-electron chi connectivity index (χ2n) is 8.43. The van der Waals surface area contributed by atoms with Crippen LogP contribution in [-0.2, 0) is 6.18 Å². The molecule has 2 amide bonds. The van der Waals surface area contributed by atoms with Crippen LogP contribution in [0.25, 0.3) is 10.2 Å². The van der Waals surface area contributed by atoms with E-state index in [1.807, 2.05) is 0 Å². The van der Waals surface area contributed by atoms with Crippen molar-refractivity contribution in [3.8, 4) is 0 Å². The first-order valence-corrected chi connectivity index (χ1v) is 12.3. The number of anilines is 4. The van der Waals surface area contributed by atoms with Gasteiger partial charge in [0.15, 0.2) is 10.9 Å². The van der Waals surface area contributed by atoms with Gasteiger partial charge in [0.1, 0.15) is 0 Å². The Labute approximate surface area is 224 Å². The number of carbonyl (C=O) groups is 2. The van der Waals surface area contributed by atoms with Crippen molar-refractivity contribution in [2.24, 2.45) is 0 Å². The molecule has 0 spiro atoms. The van der Waals surface area contributed by atoms with Gasteiger partial charge in [-0.05, 0) is 61.0 Å². The molecule has 5 rings (SSSR count). The van der Waals surface area contributed by atoms with Crippen molar-refractivity contribution in [2.45, 2.75) is 13.1 Å². The van der Waals surface area contributed by atoms with Crippen molar-refractivity contribution in [3.05, 3.63) is 102 Å². The van der Waals surface area contributed by atoms with Gasteiger partial charge in [0.2, 0.25) is 0 Å². The normalized spacial score (nSPS) is 11.3. The fourth-order valence-corrected chi connectivity index (χ4v) is 4.57. The molecule has 0 unspecified atom stereocenters. The number of aryl methyl sites for hydroxylation is 1. The van der Waals surface area contributed by atoms with Gasteiger partial charge in [0.05, 0.1) is 22.0 Å². The highest BCUT2D eigenvalue weighted by Crippen LogP contribution is 2.31. The van der Waals surface area contributed by atoms with E-state index < -0.39 is 17.6 Å². The van der Waals surface area contributed by atoms with Gasteiger partial charge in [0.25, 0.3) is 11.8 Å². The van der Waals surface area contributed by atoms with Crippen LogP contribution < -0.4 is 16.0 Å². The van der Waals surface area contributed by atoms with Crippen molar-refractivity contribution < 1.29 is 22.8 Å². The SMILES string of the molecule is Cc1ccc(NC(=O)c2cccc(C(F)(F)F)c2)cc1NC(=O)c1ccc2nc(Nc3cnccn3)sc2c1. The molecule has 0 saturated heterocycles. The first-order chi connectivity index (χ1) is 18.7. The largest absolute Gasteiger partial charge is 0.416 e. The molecule has 0 fully saturated rings. The topological polar surface area (TPSA) is 109 Å². The molecule has 12 heteroatoms. The summed E-state index contributed by atoms with van der Waals surface area (Å²) in [6.07, 6.45) is 0.139. The minimum Gasteiger partial charge on any atom is -0.322 e. The number of fused-ring (bicyclic) bond motifs is 1. The molecule has 2 aromatic heterocycles. The summed E-state index contributed by atoms with van der Waals surface area (Å²) in [5.41, 5.74) is 1.54. The summed E-state index contributed by atoms with van der Waals surface area (Å²) in [4.78, 5) is 38.3. The second-order valence-corrected chi connectivity index (χ2v) is 9.46. The molecule has 2 heterocycles. The molecule has 0 aliphatic heterocycles. The van der Waals surface area contributed by atoms with Crippen molar-refractivity contribution >= 4 is 55.7 Å². The molecule has 5 aromatic rings. The first-order valence-electron chi connectivity index (χ1n) is 11.5. The molecule has 196 valence electrons. The Morgan fingerprint density at radius 2 is 1.69 bits per heavy atom. The summed E-state index contributed by atoms with van der Waals surface area (Å²) in [6.45, 7) is 1.78. The Balaban J connectivity index is 1.30. The van der Waals surface area contributed by atoms with E-state index in [2.05, 4.69) is 30.9 Å². The van der Waals surface area contributed by atoms with Gasteiger partial charge in [-0.2, -0.15) is 13.2 Å². The van der Waals surface area contributed by atoms with Crippen molar-refractivity contribution in [2.75, 3.05) is 16.0 Å². The number of thiazole rings is 1. The summed E-state index contributed by atoms with van der Waals surface area (Å²) in [5.74, 6) is -0.535. The van der Waals surface area contributed by atoms with Gasteiger partial charge in [-0.15, -0.1) is 0 Å². The van der Waals surface area contributed by atoms with Crippen LogP contribution in [0.5, 0.6) is 0 Å². The number of rotatable bonds is 6. The number of nitrogens with one attached hydrogen (secondary N) is 3. The Morgan fingerprint density at radius 3 is 2.46 bits per heavy atom. The number of carbonyl (C=O) groups excluding carboxylic acids is 2. The highest BCUT2D eigenvalue weighted by molar-refractivity contribution is 7.22. The Bertz CT molecular complexity index is 1690. The van der Waals surface area contributed by atoms with E-state index in [1.54, 1.807) is 61.9 Å². The lowest BCUT2D eigenvalue weighted by molar-refractivity contribution is -0.137. The van der Waals surface area contributed by atoms with E-state index in [9.17, 15) is 22.8 Å². The predicted molar refractivity (Wildman–Crippen MR) is 143 cm³/mol. The zero-order valence-electron chi connectivity index (χ0n) is 20.2. The first kappa shape index (κ1) is 25.8. The van der Waals surface area contributed by atoms with E-state index in [0.717, 1.165) is 22.4 Å². The smallest absolute Gasteiger partial charge is 0.322 e. The molecule has 0 bridgehead atoms. The summed E-state index contributed by atoms with van der Waals surface area (Å²) >= 11 is 1.35. The molecular weight excluding hydrogens is 529 g/mol. The lowest BCUT2D eigenvalue weighted by Crippen LogP contribution is -2.15. The molecule has 3 N–H and O–H groups in total. The van der Waals surface area contributed by atoms with Gasteiger partial charge in [-0.3, -0.25) is 14.6 Å². The van der Waals surface area contributed by atoms with Gasteiger partial charge in [0, 0.05) is 34.9 Å². The number of halogens is 3. The van der Waals surface area contributed by atoms with Gasteiger partial charge in [-0.1, -0.05) is 23.5 Å². The van der Waals surface area contributed by atoms with E-state index in [4.69, 9.17) is 0 Å². The van der Waals surface area contributed by atoms with E-state index in [0.29, 0.717) is 33.4 Å². The van der Waals surface area contributed by atoms with Crippen LogP contribution in [0.1, 0.15) is 31.8 Å². The van der Waals surface area contributed by atoms with Crippen molar-refractivity contribution in [3.63, 3.8) is 0 Å². The Kier molecular flexibility index (Phi) is 6.94. The van der Waals surface area contributed by atoms with Crippen LogP contribution in [0.4, 0.5) is 35.5 Å². The zero-order valence-corrected chi connectivity index (χ0v) is 21.0. The fourth-order valence-electron chi connectivity index (χ4n) is 3.66. The molecule has 3 aromatic carbocycles. The van der Waals surface area contributed by atoms with Crippen LogP contribution in [0.3, 0.4) is 0 Å². The van der Waals surface area contributed by atoms with Crippen LogP contribution in [0.15, 0.2) is 79.3 Å². The number of benzene rings is 3. The van der Waals surface area contributed by atoms with Crippen LogP contribution in [0, 0.1) is 6.92 Å². The summed E-state index contributed by atoms with van der Waals surface area (Å²) in [7, 11) is 0. The number of nitrogens with zero attached hydrogens (tertiary/aromatic N) is 3. The van der Waals surface area contributed by atoms with Crippen LogP contribution in [-0.4, -0.2) is 26.8 Å². The fraction of sp³-hybridized carbons (Fsp3) is 0.0741. The van der Waals surface area contributed by atoms with Gasteiger partial charge >= 0.3 is 6.18 Å². The number of hydrogen-bond donors (Lipinski definition) is 3. The second kappa shape index (κ2) is 10.5. The number of alkyl halides is 3. The highest BCUT2D eigenvalue weighted by atomic mass is 32.1. The number of amides is 2. The average Bonchev–Trinajstić information content (AvgIpc) is 3.32. The van der Waals surface area contributed by atoms with Crippen molar-refractivity contribution in [1.29, 1.82) is 0 Å². The molecule has 0 radical (unpaired) electrons. The third kappa shape index (κ3) is 6.02. The average molecular weight is 549 g/mol. The van der Waals surface area contributed by atoms with Gasteiger partial charge in [-0.25, -0.2) is 9.97 Å². The van der Waals surface area contributed by atoms with Crippen LogP contribution in [0.2, 0.25) is 0 Å². The lowest BCUT2D eigenvalue weighted by Gasteiger charge is -2.13. The zero-order chi connectivity index (χ0) is 27.6. The van der Waals surface area contributed by atoms with E-state index in [-0.39, 0.29) is 11.5 Å². The summed E-state index contributed by atoms with van der Waals surface area (Å²) < 4.78 is 39.8. The standard InChI is InChI=1S/C27H19F3N6O2S/c1-15-5-7-19(33-24(37)16-3-2-4-18(11-16)27(28,29)30)13-21(15)34-25(38)17-6-8-20-22(12-17)39-26(35-20)36-23-14-31-9-10-32-23/h2-14H,1H3,(H,33,37)(H,34,38)(H,32,35,36). The lowest BCUT2D eigenvalue weighted by atomic mass is 10.1. The molecule has 0 saturated carbocycles. The predicted octanol–water partition coefficient (Wildman–Crippen LogP) is 6.66. The summed E-state index contributed by atoms with van der Waals surface area (Å²) in [5, 5.41) is 9.09. The van der Waals surface area contributed by atoms with Gasteiger partial charge < -0.3 is 16.0 Å². The van der Waals surface area contributed by atoms with E-state index >= 15 is 0 Å². The molecule has 0 aliphatic rings. The third-order valence-corrected chi connectivity index (χ3v) is 6.58. The maximum absolute atomic E-state index is 13.0. The molecular formula is C27H19F3N6O2S. The molecule has 0 atom stereocenters. The highest BCUT2D eigenvalue weighted by Gasteiger charge is 2.30. The molecule has 0 aliphatic carbocycles. The quantitative estimate of drug-likeness (QED) is 0.219. The Morgan fingerprint density at radius 1 is 0.897 bits per heavy atom. The van der Waals surface area contributed by atoms with Crippen molar-refractivity contribution in [1.82, 2.24) is 15.0 Å². The minimum absolute atomic E-state index is 0.137. The number of hydrogen-bond acceptors (Lipinski definition) is 7. The maximum atomic E-state index is 13.0. The monoisotopic (exact) mass is 548 g/mol. The van der Waals surface area contributed by atoms with Crippen LogP contribution >= 0.6 is 11.3 Å².